The lowest BCUT2D eigenvalue weighted by molar-refractivity contribution is 0.321. The Morgan fingerprint density at radius 2 is 1.71 bits per heavy atom. The summed E-state index contributed by atoms with van der Waals surface area (Å²) >= 11 is 0. The molecule has 0 amide bonds. The second-order valence-electron chi connectivity index (χ2n) is 5.35. The standard InChI is InChI=1S/C16H19N5O3/c1-22-11-6-9(7-12(23-2)14(11)24-3)16(18)8-19-10-4-5-13(17)20-15(10)21-16/h4-7H,8,18H2,1-3H3,(H2,17,20,21). The maximum atomic E-state index is 6.49. The van der Waals surface area contributed by atoms with Gasteiger partial charge >= 0.3 is 0 Å². The Balaban J connectivity index is 2.18. The summed E-state index contributed by atoms with van der Waals surface area (Å²) in [4.78, 5) is 13.2. The van der Waals surface area contributed by atoms with Crippen LogP contribution in [0, 0.1) is 0 Å². The minimum Gasteiger partial charge on any atom is -0.493 e. The summed E-state index contributed by atoms with van der Waals surface area (Å²) in [6.45, 7) is 0.268. The molecule has 0 radical (unpaired) electrons. The Morgan fingerprint density at radius 3 is 2.29 bits per heavy atom. The molecule has 0 fully saturated rings. The summed E-state index contributed by atoms with van der Waals surface area (Å²) in [7, 11) is 4.63. The minimum absolute atomic E-state index is 0.268. The first-order chi connectivity index (χ1) is 11.5. The quantitative estimate of drug-likeness (QED) is 0.799. The molecule has 1 aliphatic rings. The van der Waals surface area contributed by atoms with Gasteiger partial charge in [-0.05, 0) is 24.3 Å². The molecule has 3 rings (SSSR count). The van der Waals surface area contributed by atoms with Crippen LogP contribution in [-0.4, -0.2) is 32.9 Å². The number of rotatable bonds is 4. The summed E-state index contributed by atoms with van der Waals surface area (Å²) in [5.41, 5.74) is 12.2. The van der Waals surface area contributed by atoms with E-state index in [2.05, 4.69) is 15.0 Å². The van der Waals surface area contributed by atoms with Crippen LogP contribution in [0.5, 0.6) is 17.2 Å². The Hall–Kier alpha value is -2.87. The van der Waals surface area contributed by atoms with E-state index in [0.717, 1.165) is 0 Å². The van der Waals surface area contributed by atoms with Gasteiger partial charge in [-0.1, -0.05) is 0 Å². The van der Waals surface area contributed by atoms with Gasteiger partial charge in [0.25, 0.3) is 0 Å². The number of nitrogens with two attached hydrogens (primary N) is 2. The van der Waals surface area contributed by atoms with Crippen molar-refractivity contribution in [2.45, 2.75) is 5.66 Å². The lowest BCUT2D eigenvalue weighted by Gasteiger charge is -2.27. The zero-order valence-corrected chi connectivity index (χ0v) is 13.7. The normalized spacial score (nSPS) is 18.8. The van der Waals surface area contributed by atoms with Crippen molar-refractivity contribution in [3.8, 4) is 17.2 Å². The molecule has 1 unspecified atom stereocenters. The molecule has 0 bridgehead atoms. The molecule has 24 heavy (non-hydrogen) atoms. The van der Waals surface area contributed by atoms with Crippen LogP contribution >= 0.6 is 0 Å². The SMILES string of the molecule is COc1cc(C2(N)CN=c3ccc(N)nc3=N2)cc(OC)c1OC. The summed E-state index contributed by atoms with van der Waals surface area (Å²) in [6, 6.07) is 6.98. The van der Waals surface area contributed by atoms with Crippen molar-refractivity contribution in [1.82, 2.24) is 4.98 Å². The fourth-order valence-electron chi connectivity index (χ4n) is 2.58. The average Bonchev–Trinajstić information content (AvgIpc) is 2.59. The summed E-state index contributed by atoms with van der Waals surface area (Å²) in [5, 5.41) is 0.665. The lowest BCUT2D eigenvalue weighted by Crippen LogP contribution is -2.47. The molecular formula is C16H19N5O3. The number of hydrogen-bond acceptors (Lipinski definition) is 8. The zero-order valence-electron chi connectivity index (χ0n) is 13.7. The summed E-state index contributed by atoms with van der Waals surface area (Å²) < 4.78 is 16.1. The molecule has 0 aliphatic carbocycles. The highest BCUT2D eigenvalue weighted by Crippen LogP contribution is 2.40. The summed E-state index contributed by atoms with van der Waals surface area (Å²) in [5.74, 6) is 1.85. The maximum absolute atomic E-state index is 6.49. The fraction of sp³-hybridized carbons (Fsp3) is 0.312. The number of methoxy groups -OCH3 is 3. The molecule has 126 valence electrons. The average molecular weight is 329 g/mol. The van der Waals surface area contributed by atoms with E-state index in [-0.39, 0.29) is 6.54 Å². The Morgan fingerprint density at radius 1 is 1.04 bits per heavy atom. The van der Waals surface area contributed by atoms with Crippen LogP contribution in [0.4, 0.5) is 5.82 Å². The molecule has 1 aromatic carbocycles. The fourth-order valence-corrected chi connectivity index (χ4v) is 2.58. The monoisotopic (exact) mass is 329 g/mol. The van der Waals surface area contributed by atoms with E-state index in [0.29, 0.717) is 39.5 Å². The predicted octanol–water partition coefficient (Wildman–Crippen LogP) is -0.246. The van der Waals surface area contributed by atoms with E-state index < -0.39 is 5.66 Å². The first-order valence-electron chi connectivity index (χ1n) is 7.27. The van der Waals surface area contributed by atoms with Gasteiger partial charge < -0.3 is 25.7 Å². The third-order valence-electron chi connectivity index (χ3n) is 3.84. The van der Waals surface area contributed by atoms with Crippen molar-refractivity contribution in [3.05, 3.63) is 40.7 Å². The predicted molar refractivity (Wildman–Crippen MR) is 87.8 cm³/mol. The molecule has 4 N–H and O–H groups in total. The Bertz CT molecular complexity index is 874. The van der Waals surface area contributed by atoms with Crippen LogP contribution in [0.1, 0.15) is 5.56 Å². The topological polar surface area (TPSA) is 117 Å². The van der Waals surface area contributed by atoms with Crippen molar-refractivity contribution in [2.24, 2.45) is 15.7 Å². The molecular weight excluding hydrogens is 310 g/mol. The Kier molecular flexibility index (Phi) is 3.98. The van der Waals surface area contributed by atoms with Crippen LogP contribution in [0.25, 0.3) is 0 Å². The van der Waals surface area contributed by atoms with Crippen molar-refractivity contribution in [2.75, 3.05) is 33.6 Å². The summed E-state index contributed by atoms with van der Waals surface area (Å²) in [6.07, 6.45) is 0. The molecule has 1 aliphatic heterocycles. The van der Waals surface area contributed by atoms with Gasteiger partial charge in [-0.25, -0.2) is 9.98 Å². The molecule has 1 aromatic heterocycles. The zero-order chi connectivity index (χ0) is 17.3. The molecule has 2 heterocycles. The molecule has 1 atom stereocenters. The van der Waals surface area contributed by atoms with Gasteiger partial charge in [0.05, 0.1) is 27.9 Å². The number of fused-ring (bicyclic) bond motifs is 1. The molecule has 0 saturated carbocycles. The van der Waals surface area contributed by atoms with E-state index in [1.165, 1.54) is 0 Å². The van der Waals surface area contributed by atoms with Gasteiger partial charge in [0, 0.05) is 5.56 Å². The number of ether oxygens (including phenoxy) is 3. The molecule has 8 nitrogen and oxygen atoms in total. The number of nitrogen functional groups attached to an aromatic ring is 1. The van der Waals surface area contributed by atoms with E-state index in [1.54, 1.807) is 45.6 Å². The van der Waals surface area contributed by atoms with Gasteiger partial charge in [-0.15, -0.1) is 0 Å². The molecule has 8 heteroatoms. The van der Waals surface area contributed by atoms with Gasteiger partial charge in [0.2, 0.25) is 5.75 Å². The van der Waals surface area contributed by atoms with Crippen LogP contribution < -0.4 is 36.5 Å². The number of nitrogens with zero attached hydrogens (tertiary/aromatic N) is 3. The number of pyridine rings is 1. The van der Waals surface area contributed by atoms with E-state index in [9.17, 15) is 0 Å². The lowest BCUT2D eigenvalue weighted by atomic mass is 9.99. The third-order valence-corrected chi connectivity index (χ3v) is 3.84. The van der Waals surface area contributed by atoms with Gasteiger partial charge in [-0.2, -0.15) is 0 Å². The first kappa shape index (κ1) is 16.0. The number of anilines is 1. The largest absolute Gasteiger partial charge is 0.493 e. The molecule has 2 aromatic rings. The van der Waals surface area contributed by atoms with Gasteiger partial charge in [-0.3, -0.25) is 4.99 Å². The molecule has 0 spiro atoms. The van der Waals surface area contributed by atoms with Gasteiger partial charge in [0.15, 0.2) is 22.6 Å². The van der Waals surface area contributed by atoms with Crippen LogP contribution in [0.15, 0.2) is 34.3 Å². The highest BCUT2D eigenvalue weighted by atomic mass is 16.5. The maximum Gasteiger partial charge on any atom is 0.203 e. The second kappa shape index (κ2) is 5.97. The van der Waals surface area contributed by atoms with E-state index in [4.69, 9.17) is 25.7 Å². The smallest absolute Gasteiger partial charge is 0.203 e. The van der Waals surface area contributed by atoms with Crippen LogP contribution in [-0.2, 0) is 5.66 Å². The van der Waals surface area contributed by atoms with Gasteiger partial charge in [0.1, 0.15) is 11.2 Å². The number of hydrogen-bond donors (Lipinski definition) is 2. The Labute approximate surface area is 138 Å². The van der Waals surface area contributed by atoms with E-state index in [1.807, 2.05) is 0 Å². The van der Waals surface area contributed by atoms with Crippen molar-refractivity contribution >= 4 is 5.82 Å². The van der Waals surface area contributed by atoms with Crippen LogP contribution in [0.2, 0.25) is 0 Å². The number of aromatic nitrogens is 1. The van der Waals surface area contributed by atoms with Crippen molar-refractivity contribution < 1.29 is 14.2 Å². The third kappa shape index (κ3) is 2.61. The number of benzene rings is 1. The van der Waals surface area contributed by atoms with Crippen molar-refractivity contribution in [3.63, 3.8) is 0 Å². The highest BCUT2D eigenvalue weighted by Gasteiger charge is 2.31. The van der Waals surface area contributed by atoms with E-state index >= 15 is 0 Å². The second-order valence-corrected chi connectivity index (χ2v) is 5.35. The minimum atomic E-state index is -1.10. The van der Waals surface area contributed by atoms with Crippen LogP contribution in [0.3, 0.4) is 0 Å². The molecule has 0 saturated heterocycles. The van der Waals surface area contributed by atoms with Crippen molar-refractivity contribution in [1.29, 1.82) is 0 Å². The highest BCUT2D eigenvalue weighted by molar-refractivity contribution is 5.55. The first-order valence-corrected chi connectivity index (χ1v) is 7.27.